The van der Waals surface area contributed by atoms with Crippen molar-refractivity contribution in [1.82, 2.24) is 0 Å². The fourth-order valence-electron chi connectivity index (χ4n) is 0. The normalized spacial score (nSPS) is 2.00. The van der Waals surface area contributed by atoms with Gasteiger partial charge in [0.25, 0.3) is 0 Å². The van der Waals surface area contributed by atoms with Crippen LogP contribution in [0.2, 0.25) is 0 Å². The van der Waals surface area contributed by atoms with E-state index in [-0.39, 0.29) is 7.43 Å². The molecule has 0 unspecified atom stereocenters. The van der Waals surface area contributed by atoms with Crippen LogP contribution >= 0.6 is 0 Å². The summed E-state index contributed by atoms with van der Waals surface area (Å²) in [6.07, 6.45) is 0. The van der Waals surface area contributed by atoms with Crippen molar-refractivity contribution >= 4 is 0 Å². The first-order valence-corrected chi connectivity index (χ1v) is 0.604. The van der Waals surface area contributed by atoms with E-state index < -0.39 is 0 Å². The van der Waals surface area contributed by atoms with Gasteiger partial charge in [0.2, 0.25) is 0 Å². The Balaban J connectivity index is 0. The number of hydrogen-bond donors (Lipinski definition) is 0. The Morgan fingerprint density at radius 3 is 1.75 bits per heavy atom. The quantitative estimate of drug-likeness (QED) is 0.355. The minimum atomic E-state index is 0. The zero-order valence-electron chi connectivity index (χ0n) is 2.21. The summed E-state index contributed by atoms with van der Waals surface area (Å²) in [5, 5.41) is 0. The standard InChI is InChI=1S/C3H2.C/c1-3-2;/h1H2;. The Labute approximate surface area is 27.5 Å². The Hall–Kier alpha value is -0.480. The second-order valence-corrected chi connectivity index (χ2v) is 0.177. The third-order valence-electron chi connectivity index (χ3n) is 0. The molecule has 18 valence electrons. The van der Waals surface area contributed by atoms with Crippen LogP contribution in [-0.2, 0) is 0 Å². The predicted octanol–water partition coefficient (Wildman–Crippen LogP) is 0.719. The zero-order chi connectivity index (χ0) is 2.71. The van der Waals surface area contributed by atoms with Crippen LogP contribution < -0.4 is 0 Å². The summed E-state index contributed by atoms with van der Waals surface area (Å²) in [5.74, 6) is 0. The van der Waals surface area contributed by atoms with Crippen LogP contribution in [0, 0.1) is 14.0 Å². The zero-order valence-corrected chi connectivity index (χ0v) is 2.21. The maximum atomic E-state index is 5.85. The lowest BCUT2D eigenvalue weighted by Gasteiger charge is -1.06. The molecule has 0 nitrogen and oxygen atoms in total. The molecule has 0 saturated heterocycles. The van der Waals surface area contributed by atoms with Crippen LogP contribution in [0.25, 0.3) is 0 Å². The van der Waals surface area contributed by atoms with E-state index in [1.165, 1.54) is 0 Å². The first-order valence-electron chi connectivity index (χ1n) is 0.604. The van der Waals surface area contributed by atoms with Crippen molar-refractivity contribution in [1.29, 1.82) is 0 Å². The molecule has 4 heavy (non-hydrogen) atoms. The molecule has 0 aromatic rings. The van der Waals surface area contributed by atoms with Crippen molar-refractivity contribution in [2.24, 2.45) is 0 Å². The SMILES string of the molecule is [C].[C]=C=C. The molecule has 0 fully saturated rings. The Bertz CT molecular complexity index is 21.0. The van der Waals surface area contributed by atoms with Crippen molar-refractivity contribution in [2.75, 3.05) is 0 Å². The summed E-state index contributed by atoms with van der Waals surface area (Å²) in [6.45, 7) is 8.75. The minimum Gasteiger partial charge on any atom is -0.118 e. The van der Waals surface area contributed by atoms with Gasteiger partial charge in [-0.15, -0.1) is 5.73 Å². The highest BCUT2D eigenvalue weighted by atomic mass is 13.0. The molecular weight excluding hydrogens is 48.0 g/mol. The van der Waals surface area contributed by atoms with Gasteiger partial charge in [-0.3, -0.25) is 0 Å². The van der Waals surface area contributed by atoms with Gasteiger partial charge >= 0.3 is 0 Å². The van der Waals surface area contributed by atoms with E-state index in [1.807, 2.05) is 0 Å². The van der Waals surface area contributed by atoms with Crippen molar-refractivity contribution in [3.05, 3.63) is 26.3 Å². The Morgan fingerprint density at radius 2 is 1.75 bits per heavy atom. The van der Waals surface area contributed by atoms with Crippen LogP contribution in [0.3, 0.4) is 0 Å². The Morgan fingerprint density at radius 1 is 1.75 bits per heavy atom. The molecule has 0 saturated carbocycles. The second-order valence-electron chi connectivity index (χ2n) is 0.177. The molecule has 0 aliphatic carbocycles. The van der Waals surface area contributed by atoms with E-state index in [2.05, 4.69) is 6.58 Å². The van der Waals surface area contributed by atoms with Crippen molar-refractivity contribution in [3.8, 4) is 0 Å². The first-order chi connectivity index (χ1) is 1.41. The van der Waals surface area contributed by atoms with Gasteiger partial charge in [-0.05, 0) is 0 Å². The average Bonchev–Trinajstić information content (AvgIpc) is 0.918. The second kappa shape index (κ2) is 21.5. The molecule has 0 aliphatic heterocycles. The van der Waals surface area contributed by atoms with Gasteiger partial charge in [-0.25, -0.2) is 0 Å². The van der Waals surface area contributed by atoms with Gasteiger partial charge in [-0.2, -0.15) is 0 Å². The molecule has 0 heteroatoms. The minimum absolute atomic E-state index is 0. The van der Waals surface area contributed by atoms with Crippen molar-refractivity contribution in [3.63, 3.8) is 0 Å². The molecule has 0 N–H and O–H groups in total. The summed E-state index contributed by atoms with van der Waals surface area (Å²) in [5.41, 5.74) is 1.75. The molecule has 0 atom stereocenters. The van der Waals surface area contributed by atoms with Crippen molar-refractivity contribution < 1.29 is 0 Å². The van der Waals surface area contributed by atoms with Gasteiger partial charge in [0.05, 0.1) is 0 Å². The van der Waals surface area contributed by atoms with Crippen LogP contribution in [0.15, 0.2) is 12.3 Å². The van der Waals surface area contributed by atoms with Crippen LogP contribution in [-0.4, -0.2) is 0 Å². The molecule has 0 rings (SSSR count). The molecule has 0 aromatic heterocycles. The predicted molar refractivity (Wildman–Crippen MR) is 15.6 cm³/mol. The highest BCUT2D eigenvalue weighted by molar-refractivity contribution is 4.46. The fourth-order valence-corrected chi connectivity index (χ4v) is 0. The lowest BCUT2D eigenvalue weighted by Crippen LogP contribution is -0.864. The highest BCUT2D eigenvalue weighted by Gasteiger charge is 0.943. The maximum Gasteiger partial charge on any atom is 0.0484 e. The van der Waals surface area contributed by atoms with Crippen LogP contribution in [0.1, 0.15) is 0 Å². The van der Waals surface area contributed by atoms with Gasteiger partial charge < -0.3 is 0 Å². The van der Waals surface area contributed by atoms with Gasteiger partial charge in [-0.1, -0.05) is 6.58 Å². The molecule has 0 aliphatic rings. The van der Waals surface area contributed by atoms with Crippen LogP contribution in [0.5, 0.6) is 0 Å². The summed E-state index contributed by atoms with van der Waals surface area (Å²) in [6, 6.07) is 0. The molecule has 0 aromatic carbocycles. The third kappa shape index (κ3) is 1.78. The monoisotopic (exact) mass is 50.0 g/mol. The average molecular weight is 50.1 g/mol. The fraction of sp³-hybridized carbons (Fsp3) is 0. The number of rotatable bonds is 0. The summed E-state index contributed by atoms with van der Waals surface area (Å²) >= 11 is 0. The summed E-state index contributed by atoms with van der Waals surface area (Å²) < 4.78 is 0. The molecule has 0 heterocycles. The van der Waals surface area contributed by atoms with E-state index in [0.717, 1.165) is 0 Å². The van der Waals surface area contributed by atoms with E-state index >= 15 is 0 Å². The summed E-state index contributed by atoms with van der Waals surface area (Å²) in [4.78, 5) is 0. The molecule has 0 amide bonds. The largest absolute Gasteiger partial charge is 0.118 e. The van der Waals surface area contributed by atoms with Crippen molar-refractivity contribution in [2.45, 2.75) is 0 Å². The third-order valence-corrected chi connectivity index (χ3v) is 0. The molecule has 0 spiro atoms. The number of hydrogen-bond acceptors (Lipinski definition) is 0. The molecule has 0 bridgehead atoms. The summed E-state index contributed by atoms with van der Waals surface area (Å²) in [7, 11) is 0. The van der Waals surface area contributed by atoms with E-state index in [0.29, 0.717) is 0 Å². The molecular formula is C4H2. The lowest BCUT2D eigenvalue weighted by atomic mass is 11.0. The first kappa shape index (κ1) is 9.68. The van der Waals surface area contributed by atoms with Gasteiger partial charge in [0.1, 0.15) is 0 Å². The lowest BCUT2D eigenvalue weighted by molar-refractivity contribution is 2.43. The van der Waals surface area contributed by atoms with E-state index in [1.54, 1.807) is 5.73 Å². The topological polar surface area (TPSA) is 0 Å². The smallest absolute Gasteiger partial charge is 0.0484 e. The molecule has 6 radical (unpaired) electrons. The van der Waals surface area contributed by atoms with E-state index in [4.69, 9.17) is 6.58 Å². The van der Waals surface area contributed by atoms with Gasteiger partial charge in [0, 0.05) is 14.0 Å². The van der Waals surface area contributed by atoms with Gasteiger partial charge in [0.15, 0.2) is 0 Å². The van der Waals surface area contributed by atoms with Crippen LogP contribution in [0.4, 0.5) is 0 Å². The highest BCUT2D eigenvalue weighted by Crippen LogP contribution is 1.14. The maximum absolute atomic E-state index is 5.85. The van der Waals surface area contributed by atoms with E-state index in [9.17, 15) is 0 Å². The Kier molecular flexibility index (Phi) is 52.1.